The molecule has 0 aliphatic carbocycles. The Morgan fingerprint density at radius 1 is 1.21 bits per heavy atom. The lowest BCUT2D eigenvalue weighted by molar-refractivity contribution is 0.231. The summed E-state index contributed by atoms with van der Waals surface area (Å²) in [6.45, 7) is 8.69. The highest BCUT2D eigenvalue weighted by Crippen LogP contribution is 2.18. The molecule has 2 heteroatoms. The van der Waals surface area contributed by atoms with Crippen LogP contribution in [-0.2, 0) is 0 Å². The summed E-state index contributed by atoms with van der Waals surface area (Å²) in [6.07, 6.45) is 5.26. The SMILES string of the molecule is CC(O)/C=C1\CCCN(C(C)C)CC1. The minimum absolute atomic E-state index is 0.282. The molecule has 0 aromatic rings. The summed E-state index contributed by atoms with van der Waals surface area (Å²) in [5.41, 5.74) is 1.43. The molecule has 1 rings (SSSR count). The molecule has 1 aliphatic heterocycles. The van der Waals surface area contributed by atoms with E-state index in [1.807, 2.05) is 13.0 Å². The Balaban J connectivity index is 2.48. The number of aliphatic hydroxyl groups excluding tert-OH is 1. The van der Waals surface area contributed by atoms with E-state index in [0.29, 0.717) is 6.04 Å². The fourth-order valence-corrected chi connectivity index (χ4v) is 2.06. The van der Waals surface area contributed by atoms with Crippen molar-refractivity contribution in [1.29, 1.82) is 0 Å². The smallest absolute Gasteiger partial charge is 0.0695 e. The van der Waals surface area contributed by atoms with Gasteiger partial charge in [0, 0.05) is 12.6 Å². The van der Waals surface area contributed by atoms with Gasteiger partial charge >= 0.3 is 0 Å². The molecule has 82 valence electrons. The van der Waals surface area contributed by atoms with Crippen molar-refractivity contribution in [3.8, 4) is 0 Å². The van der Waals surface area contributed by atoms with Gasteiger partial charge in [-0.1, -0.05) is 11.6 Å². The lowest BCUT2D eigenvalue weighted by Gasteiger charge is -2.23. The Kier molecular flexibility index (Phi) is 4.63. The highest BCUT2D eigenvalue weighted by atomic mass is 16.3. The lowest BCUT2D eigenvalue weighted by atomic mass is 10.1. The van der Waals surface area contributed by atoms with Crippen LogP contribution in [0.2, 0.25) is 0 Å². The van der Waals surface area contributed by atoms with E-state index in [4.69, 9.17) is 0 Å². The van der Waals surface area contributed by atoms with Gasteiger partial charge in [-0.3, -0.25) is 0 Å². The van der Waals surface area contributed by atoms with Gasteiger partial charge in [-0.05, 0) is 46.6 Å². The minimum Gasteiger partial charge on any atom is -0.389 e. The van der Waals surface area contributed by atoms with Crippen LogP contribution in [-0.4, -0.2) is 35.2 Å². The number of nitrogens with zero attached hydrogens (tertiary/aromatic N) is 1. The molecule has 1 heterocycles. The highest BCUT2D eigenvalue weighted by Gasteiger charge is 2.14. The summed E-state index contributed by atoms with van der Waals surface area (Å²) in [5.74, 6) is 0. The van der Waals surface area contributed by atoms with Gasteiger partial charge < -0.3 is 10.0 Å². The average Bonchev–Trinajstić information content (AvgIpc) is 2.28. The molecule has 0 aromatic heterocycles. The molecule has 0 radical (unpaired) electrons. The van der Waals surface area contributed by atoms with Crippen molar-refractivity contribution < 1.29 is 5.11 Å². The van der Waals surface area contributed by atoms with E-state index in [1.165, 1.54) is 18.5 Å². The summed E-state index contributed by atoms with van der Waals surface area (Å²) in [7, 11) is 0. The minimum atomic E-state index is -0.282. The Bertz CT molecular complexity index is 196. The predicted octanol–water partition coefficient (Wildman–Crippen LogP) is 2.19. The molecule has 1 atom stereocenters. The molecule has 0 amide bonds. The monoisotopic (exact) mass is 197 g/mol. The molecule has 0 saturated carbocycles. The first-order valence-corrected chi connectivity index (χ1v) is 5.71. The van der Waals surface area contributed by atoms with E-state index >= 15 is 0 Å². The maximum absolute atomic E-state index is 9.28. The van der Waals surface area contributed by atoms with E-state index in [-0.39, 0.29) is 6.10 Å². The van der Waals surface area contributed by atoms with E-state index < -0.39 is 0 Å². The van der Waals surface area contributed by atoms with Crippen LogP contribution in [0.25, 0.3) is 0 Å². The standard InChI is InChI=1S/C12H23NO/c1-10(2)13-7-4-5-12(6-8-13)9-11(3)14/h9-11,14H,4-8H2,1-3H3/b12-9+. The average molecular weight is 197 g/mol. The third-order valence-corrected chi connectivity index (χ3v) is 2.87. The summed E-state index contributed by atoms with van der Waals surface area (Å²) in [6, 6.07) is 0.654. The zero-order valence-corrected chi connectivity index (χ0v) is 9.66. The molecule has 14 heavy (non-hydrogen) atoms. The number of hydrogen-bond acceptors (Lipinski definition) is 2. The predicted molar refractivity (Wildman–Crippen MR) is 60.3 cm³/mol. The quantitative estimate of drug-likeness (QED) is 0.686. The first-order valence-electron chi connectivity index (χ1n) is 5.71. The van der Waals surface area contributed by atoms with Gasteiger partial charge in [0.25, 0.3) is 0 Å². The summed E-state index contributed by atoms with van der Waals surface area (Å²) in [5, 5.41) is 9.28. The second kappa shape index (κ2) is 5.52. The second-order valence-corrected chi connectivity index (χ2v) is 4.55. The maximum Gasteiger partial charge on any atom is 0.0695 e. The maximum atomic E-state index is 9.28. The Hall–Kier alpha value is -0.340. The molecule has 1 fully saturated rings. The van der Waals surface area contributed by atoms with Crippen LogP contribution in [0.3, 0.4) is 0 Å². The first kappa shape index (κ1) is 11.7. The molecule has 1 saturated heterocycles. The number of aliphatic hydroxyl groups is 1. The fraction of sp³-hybridized carbons (Fsp3) is 0.833. The van der Waals surface area contributed by atoms with Crippen molar-refractivity contribution in [2.75, 3.05) is 13.1 Å². The van der Waals surface area contributed by atoms with Gasteiger partial charge in [-0.25, -0.2) is 0 Å². The van der Waals surface area contributed by atoms with Gasteiger partial charge in [0.1, 0.15) is 0 Å². The van der Waals surface area contributed by atoms with Gasteiger partial charge in [0.2, 0.25) is 0 Å². The summed E-state index contributed by atoms with van der Waals surface area (Å²) < 4.78 is 0. The van der Waals surface area contributed by atoms with Crippen molar-refractivity contribution >= 4 is 0 Å². The van der Waals surface area contributed by atoms with Crippen molar-refractivity contribution in [1.82, 2.24) is 4.90 Å². The highest BCUT2D eigenvalue weighted by molar-refractivity contribution is 5.06. The van der Waals surface area contributed by atoms with Gasteiger partial charge in [-0.15, -0.1) is 0 Å². The van der Waals surface area contributed by atoms with Crippen LogP contribution in [0.1, 0.15) is 40.0 Å². The van der Waals surface area contributed by atoms with Crippen molar-refractivity contribution in [2.24, 2.45) is 0 Å². The van der Waals surface area contributed by atoms with Gasteiger partial charge in [0.15, 0.2) is 0 Å². The van der Waals surface area contributed by atoms with E-state index in [9.17, 15) is 5.11 Å². The summed E-state index contributed by atoms with van der Waals surface area (Å²) >= 11 is 0. The van der Waals surface area contributed by atoms with Crippen LogP contribution >= 0.6 is 0 Å². The number of likely N-dealkylation sites (tertiary alicyclic amines) is 1. The third-order valence-electron chi connectivity index (χ3n) is 2.87. The van der Waals surface area contributed by atoms with E-state index in [2.05, 4.69) is 18.7 Å². The Morgan fingerprint density at radius 3 is 2.50 bits per heavy atom. The Labute approximate surface area is 87.6 Å². The molecule has 1 unspecified atom stereocenters. The molecule has 0 spiro atoms. The molecule has 0 bridgehead atoms. The zero-order valence-electron chi connectivity index (χ0n) is 9.66. The van der Waals surface area contributed by atoms with Crippen LogP contribution < -0.4 is 0 Å². The van der Waals surface area contributed by atoms with Gasteiger partial charge in [0.05, 0.1) is 6.10 Å². The number of hydrogen-bond donors (Lipinski definition) is 1. The lowest BCUT2D eigenvalue weighted by Crippen LogP contribution is -2.31. The largest absolute Gasteiger partial charge is 0.389 e. The normalized spacial score (nSPS) is 25.4. The molecular weight excluding hydrogens is 174 g/mol. The molecule has 0 aromatic carbocycles. The van der Waals surface area contributed by atoms with Crippen LogP contribution in [0.4, 0.5) is 0 Å². The fourth-order valence-electron chi connectivity index (χ4n) is 2.06. The van der Waals surface area contributed by atoms with Crippen molar-refractivity contribution in [3.05, 3.63) is 11.6 Å². The van der Waals surface area contributed by atoms with E-state index in [0.717, 1.165) is 19.4 Å². The second-order valence-electron chi connectivity index (χ2n) is 4.55. The van der Waals surface area contributed by atoms with Crippen LogP contribution in [0.5, 0.6) is 0 Å². The third kappa shape index (κ3) is 3.81. The van der Waals surface area contributed by atoms with Crippen molar-refractivity contribution in [3.63, 3.8) is 0 Å². The van der Waals surface area contributed by atoms with Crippen LogP contribution in [0.15, 0.2) is 11.6 Å². The van der Waals surface area contributed by atoms with E-state index in [1.54, 1.807) is 0 Å². The molecule has 1 N–H and O–H groups in total. The Morgan fingerprint density at radius 2 is 1.93 bits per heavy atom. The summed E-state index contributed by atoms with van der Waals surface area (Å²) in [4.78, 5) is 2.52. The van der Waals surface area contributed by atoms with Crippen LogP contribution in [0, 0.1) is 0 Å². The molecular formula is C12H23NO. The molecule has 2 nitrogen and oxygen atoms in total. The zero-order chi connectivity index (χ0) is 10.6. The molecule has 1 aliphatic rings. The number of rotatable bonds is 2. The van der Waals surface area contributed by atoms with Gasteiger partial charge in [-0.2, -0.15) is 0 Å². The topological polar surface area (TPSA) is 23.5 Å². The first-order chi connectivity index (χ1) is 6.59. The van der Waals surface area contributed by atoms with Crippen molar-refractivity contribution in [2.45, 2.75) is 52.2 Å².